The molecule has 27 heavy (non-hydrogen) atoms. The van der Waals surface area contributed by atoms with E-state index in [-0.39, 0.29) is 5.91 Å². The fourth-order valence-electron chi connectivity index (χ4n) is 3.16. The van der Waals surface area contributed by atoms with Crippen LogP contribution in [0.2, 0.25) is 0 Å². The molecule has 0 unspecified atom stereocenters. The second-order valence-corrected chi connectivity index (χ2v) is 8.76. The molecule has 7 heteroatoms. The molecule has 0 spiro atoms. The number of benzene rings is 1. The van der Waals surface area contributed by atoms with E-state index in [0.29, 0.717) is 36.6 Å². The van der Waals surface area contributed by atoms with Crippen LogP contribution in [-0.2, 0) is 21.2 Å². The summed E-state index contributed by atoms with van der Waals surface area (Å²) in [6.07, 6.45) is 3.78. The number of aromatic nitrogens is 1. The minimum Gasteiger partial charge on any atom is -0.311 e. The summed E-state index contributed by atoms with van der Waals surface area (Å²) in [5.74, 6) is 0.432. The number of nitrogens with one attached hydrogen (secondary N) is 1. The normalized spacial score (nSPS) is 15.4. The highest BCUT2D eigenvalue weighted by Crippen LogP contribution is 2.21. The van der Waals surface area contributed by atoms with Crippen molar-refractivity contribution in [3.05, 3.63) is 53.7 Å². The minimum atomic E-state index is -3.41. The molecule has 1 aromatic heterocycles. The zero-order valence-electron chi connectivity index (χ0n) is 15.5. The van der Waals surface area contributed by atoms with Crippen LogP contribution in [0.5, 0.6) is 0 Å². The van der Waals surface area contributed by atoms with E-state index in [1.54, 1.807) is 34.6 Å². The Bertz CT molecular complexity index is 889. The Morgan fingerprint density at radius 1 is 1.07 bits per heavy atom. The number of sulfonamides is 1. The summed E-state index contributed by atoms with van der Waals surface area (Å²) >= 11 is 0. The summed E-state index contributed by atoms with van der Waals surface area (Å²) in [7, 11) is -3.41. The second kappa shape index (κ2) is 8.63. The number of nitrogens with zero attached hydrogens (tertiary/aromatic N) is 2. The van der Waals surface area contributed by atoms with Gasteiger partial charge in [-0.15, -0.1) is 0 Å². The van der Waals surface area contributed by atoms with E-state index in [9.17, 15) is 13.2 Å². The van der Waals surface area contributed by atoms with Crippen LogP contribution in [0, 0.1) is 6.92 Å². The molecule has 1 N–H and O–H groups in total. The first-order chi connectivity index (χ1) is 12.9. The molecular weight excluding hydrogens is 362 g/mol. The number of aryl methyl sites for hydroxylation is 2. The highest BCUT2D eigenvalue weighted by atomic mass is 32.2. The summed E-state index contributed by atoms with van der Waals surface area (Å²) in [6.45, 7) is 3.06. The molecule has 0 atom stereocenters. The topological polar surface area (TPSA) is 79.4 Å². The van der Waals surface area contributed by atoms with Crippen molar-refractivity contribution in [2.24, 2.45) is 0 Å². The molecule has 2 heterocycles. The van der Waals surface area contributed by atoms with Gasteiger partial charge in [0.2, 0.25) is 15.9 Å². The van der Waals surface area contributed by atoms with Crippen LogP contribution < -0.4 is 5.32 Å². The molecule has 1 fully saturated rings. The van der Waals surface area contributed by atoms with Crippen molar-refractivity contribution >= 4 is 21.7 Å². The van der Waals surface area contributed by atoms with Gasteiger partial charge in [-0.25, -0.2) is 13.4 Å². The number of rotatable bonds is 6. The Kier molecular flexibility index (Phi) is 6.23. The minimum absolute atomic E-state index is 0.113. The Balaban J connectivity index is 1.56. The lowest BCUT2D eigenvalue weighted by Crippen LogP contribution is -2.35. The third-order valence-corrected chi connectivity index (χ3v) is 6.59. The van der Waals surface area contributed by atoms with Crippen molar-refractivity contribution in [3.8, 4) is 0 Å². The van der Waals surface area contributed by atoms with E-state index in [4.69, 9.17) is 0 Å². The van der Waals surface area contributed by atoms with E-state index in [1.165, 1.54) is 0 Å². The van der Waals surface area contributed by atoms with Gasteiger partial charge >= 0.3 is 0 Å². The Morgan fingerprint density at radius 3 is 2.44 bits per heavy atom. The first kappa shape index (κ1) is 19.5. The van der Waals surface area contributed by atoms with Gasteiger partial charge in [0.1, 0.15) is 5.82 Å². The number of hydrogen-bond acceptors (Lipinski definition) is 4. The molecule has 3 rings (SSSR count). The molecule has 0 saturated carbocycles. The van der Waals surface area contributed by atoms with Gasteiger partial charge in [0.15, 0.2) is 0 Å². The SMILES string of the molecule is Cc1cccc(NC(=O)CCc2ccc(S(=O)(=O)N3CCCCC3)cc2)n1. The molecular formula is C20H25N3O3S. The monoisotopic (exact) mass is 387 g/mol. The van der Waals surface area contributed by atoms with Crippen molar-refractivity contribution in [1.29, 1.82) is 0 Å². The van der Waals surface area contributed by atoms with Gasteiger partial charge in [-0.3, -0.25) is 4.79 Å². The summed E-state index contributed by atoms with van der Waals surface area (Å²) in [5.41, 5.74) is 1.78. The lowest BCUT2D eigenvalue weighted by molar-refractivity contribution is -0.116. The third kappa shape index (κ3) is 5.14. The van der Waals surface area contributed by atoms with Crippen molar-refractivity contribution in [3.63, 3.8) is 0 Å². The zero-order valence-corrected chi connectivity index (χ0v) is 16.3. The molecule has 1 aliphatic rings. The average Bonchev–Trinajstić information content (AvgIpc) is 2.67. The maximum atomic E-state index is 12.7. The van der Waals surface area contributed by atoms with E-state index < -0.39 is 10.0 Å². The Labute approximate surface area is 160 Å². The van der Waals surface area contributed by atoms with E-state index in [0.717, 1.165) is 30.5 Å². The number of carbonyl (C=O) groups is 1. The number of amides is 1. The number of pyridine rings is 1. The fraction of sp³-hybridized carbons (Fsp3) is 0.400. The molecule has 1 aromatic carbocycles. The number of carbonyl (C=O) groups excluding carboxylic acids is 1. The van der Waals surface area contributed by atoms with E-state index >= 15 is 0 Å². The van der Waals surface area contributed by atoms with Gasteiger partial charge in [-0.05, 0) is 56.0 Å². The molecule has 1 saturated heterocycles. The molecule has 0 radical (unpaired) electrons. The van der Waals surface area contributed by atoms with Crippen molar-refractivity contribution in [2.45, 2.75) is 43.9 Å². The molecule has 144 valence electrons. The lowest BCUT2D eigenvalue weighted by Gasteiger charge is -2.25. The first-order valence-corrected chi connectivity index (χ1v) is 10.7. The molecule has 1 amide bonds. The molecule has 6 nitrogen and oxygen atoms in total. The maximum absolute atomic E-state index is 12.7. The number of piperidine rings is 1. The Morgan fingerprint density at radius 2 is 1.78 bits per heavy atom. The van der Waals surface area contributed by atoms with Gasteiger partial charge in [-0.1, -0.05) is 24.6 Å². The van der Waals surface area contributed by atoms with Gasteiger partial charge in [-0.2, -0.15) is 4.31 Å². The first-order valence-electron chi connectivity index (χ1n) is 9.28. The van der Waals surface area contributed by atoms with Gasteiger partial charge in [0.25, 0.3) is 0 Å². The van der Waals surface area contributed by atoms with Crippen LogP contribution >= 0.6 is 0 Å². The highest BCUT2D eigenvalue weighted by molar-refractivity contribution is 7.89. The van der Waals surface area contributed by atoms with Crippen LogP contribution in [0.25, 0.3) is 0 Å². The molecule has 0 aliphatic carbocycles. The van der Waals surface area contributed by atoms with Crippen LogP contribution in [-0.4, -0.2) is 36.7 Å². The Hall–Kier alpha value is -2.25. The van der Waals surface area contributed by atoms with Gasteiger partial charge in [0.05, 0.1) is 4.90 Å². The zero-order chi connectivity index (χ0) is 19.3. The predicted octanol–water partition coefficient (Wildman–Crippen LogP) is 3.14. The van der Waals surface area contributed by atoms with E-state index in [2.05, 4.69) is 10.3 Å². The van der Waals surface area contributed by atoms with Crippen LogP contribution in [0.3, 0.4) is 0 Å². The van der Waals surface area contributed by atoms with E-state index in [1.807, 2.05) is 19.1 Å². The van der Waals surface area contributed by atoms with Gasteiger partial charge < -0.3 is 5.32 Å². The molecule has 2 aromatic rings. The second-order valence-electron chi connectivity index (χ2n) is 6.82. The third-order valence-electron chi connectivity index (χ3n) is 4.67. The quantitative estimate of drug-likeness (QED) is 0.826. The summed E-state index contributed by atoms with van der Waals surface area (Å²) in [6, 6.07) is 12.3. The predicted molar refractivity (Wildman–Crippen MR) is 105 cm³/mol. The molecule has 1 aliphatic heterocycles. The fourth-order valence-corrected chi connectivity index (χ4v) is 4.68. The molecule has 0 bridgehead atoms. The lowest BCUT2D eigenvalue weighted by atomic mass is 10.1. The van der Waals surface area contributed by atoms with Gasteiger partial charge in [0, 0.05) is 25.2 Å². The average molecular weight is 388 g/mol. The number of hydrogen-bond donors (Lipinski definition) is 1. The summed E-state index contributed by atoms with van der Waals surface area (Å²) in [4.78, 5) is 16.6. The summed E-state index contributed by atoms with van der Waals surface area (Å²) < 4.78 is 26.9. The highest BCUT2D eigenvalue weighted by Gasteiger charge is 2.25. The standard InChI is InChI=1S/C20H25N3O3S/c1-16-6-5-7-19(21-16)22-20(24)13-10-17-8-11-18(12-9-17)27(25,26)23-14-3-2-4-15-23/h5-9,11-12H,2-4,10,13-15H2,1H3,(H,21,22,24). The smallest absolute Gasteiger partial charge is 0.243 e. The largest absolute Gasteiger partial charge is 0.311 e. The number of anilines is 1. The van der Waals surface area contributed by atoms with Crippen LogP contribution in [0.4, 0.5) is 5.82 Å². The van der Waals surface area contributed by atoms with Crippen molar-refractivity contribution in [1.82, 2.24) is 9.29 Å². The summed E-state index contributed by atoms with van der Waals surface area (Å²) in [5, 5.41) is 2.78. The van der Waals surface area contributed by atoms with Crippen LogP contribution in [0.15, 0.2) is 47.4 Å². The van der Waals surface area contributed by atoms with Crippen LogP contribution in [0.1, 0.15) is 36.9 Å². The van der Waals surface area contributed by atoms with Crippen molar-refractivity contribution < 1.29 is 13.2 Å². The maximum Gasteiger partial charge on any atom is 0.243 e. The van der Waals surface area contributed by atoms with Crippen molar-refractivity contribution in [2.75, 3.05) is 18.4 Å².